The van der Waals surface area contributed by atoms with Crippen LogP contribution in [0.3, 0.4) is 0 Å². The molecule has 3 aromatic rings. The molecular weight excluding hydrogens is 462 g/mol. The second kappa shape index (κ2) is 7.64. The number of hydrogen-bond acceptors (Lipinski definition) is 9. The summed E-state index contributed by atoms with van der Waals surface area (Å²) in [5.41, 5.74) is 14.0. The highest BCUT2D eigenvalue weighted by molar-refractivity contribution is 7.15. The van der Waals surface area contributed by atoms with Gasteiger partial charge < -0.3 is 16.4 Å². The third-order valence-electron chi connectivity index (χ3n) is 7.21. The molecule has 3 aromatic heterocycles. The van der Waals surface area contributed by atoms with E-state index in [2.05, 4.69) is 25.0 Å². The van der Waals surface area contributed by atoms with Crippen LogP contribution >= 0.6 is 22.9 Å². The molecule has 4 N–H and O–H groups in total. The number of carbonyl (C=O) groups excluding carboxylic acids is 1. The van der Waals surface area contributed by atoms with Gasteiger partial charge in [0.1, 0.15) is 11.6 Å². The fourth-order valence-corrected chi connectivity index (χ4v) is 6.71. The Morgan fingerprint density at radius 2 is 2.03 bits per heavy atom. The van der Waals surface area contributed by atoms with E-state index in [1.54, 1.807) is 28.6 Å². The number of nitrogen functional groups attached to an aromatic ring is 1. The lowest BCUT2D eigenvalue weighted by Gasteiger charge is -2.42. The van der Waals surface area contributed by atoms with Crippen LogP contribution in [-0.2, 0) is 13.0 Å². The molecule has 1 fully saturated rings. The van der Waals surface area contributed by atoms with Crippen molar-refractivity contribution >= 4 is 46.3 Å². The lowest BCUT2D eigenvalue weighted by atomic mass is 9.73. The average Bonchev–Trinajstić information content (AvgIpc) is 3.49. The zero-order valence-electron chi connectivity index (χ0n) is 17.9. The molecule has 1 amide bonds. The minimum absolute atomic E-state index is 0.0152. The van der Waals surface area contributed by atoms with Crippen LogP contribution in [0, 0.1) is 5.41 Å². The molecular formula is C21H24ClN9OS. The Labute approximate surface area is 199 Å². The number of halogens is 1. The van der Waals surface area contributed by atoms with Crippen LogP contribution < -0.4 is 21.3 Å². The number of carbonyl (C=O) groups is 1. The van der Waals surface area contributed by atoms with Crippen LogP contribution in [0.5, 0.6) is 0 Å². The predicted molar refractivity (Wildman–Crippen MR) is 127 cm³/mol. The predicted octanol–water partition coefficient (Wildman–Crippen LogP) is 2.26. The van der Waals surface area contributed by atoms with E-state index in [0.29, 0.717) is 16.8 Å². The third-order valence-corrected chi connectivity index (χ3v) is 8.38. The summed E-state index contributed by atoms with van der Waals surface area (Å²) in [5, 5.41) is 4.26. The van der Waals surface area contributed by atoms with E-state index < -0.39 is 0 Å². The van der Waals surface area contributed by atoms with E-state index in [9.17, 15) is 4.79 Å². The molecule has 1 aliphatic carbocycles. The van der Waals surface area contributed by atoms with Gasteiger partial charge in [-0.3, -0.25) is 9.69 Å². The van der Waals surface area contributed by atoms with Crippen molar-refractivity contribution in [1.29, 1.82) is 0 Å². The number of rotatable bonds is 2. The first-order valence-corrected chi connectivity index (χ1v) is 12.3. The first-order chi connectivity index (χ1) is 15.9. The molecule has 12 heteroatoms. The highest BCUT2D eigenvalue weighted by Crippen LogP contribution is 2.52. The summed E-state index contributed by atoms with van der Waals surface area (Å²) in [5.74, 6) is 1.34. The molecule has 10 nitrogen and oxygen atoms in total. The first-order valence-electron chi connectivity index (χ1n) is 11.1. The van der Waals surface area contributed by atoms with Crippen LogP contribution in [0.4, 0.5) is 17.5 Å². The van der Waals surface area contributed by atoms with Gasteiger partial charge in [-0.15, -0.1) is 11.3 Å². The third kappa shape index (κ3) is 3.29. The van der Waals surface area contributed by atoms with E-state index in [0.717, 1.165) is 56.8 Å². The molecule has 6 rings (SSSR count). The van der Waals surface area contributed by atoms with Crippen molar-refractivity contribution in [2.45, 2.75) is 38.3 Å². The molecule has 33 heavy (non-hydrogen) atoms. The number of amides is 1. The first kappa shape index (κ1) is 20.8. The SMILES string of the molecule is Nc1nc(N2CCC3(CC2)Cc2sc(Cl)nc2C3N)cnc1C(=O)N1CCCn2nccc21. The zero-order chi connectivity index (χ0) is 22.7. The second-order valence-electron chi connectivity index (χ2n) is 8.96. The van der Waals surface area contributed by atoms with Crippen molar-refractivity contribution in [3.05, 3.63) is 39.2 Å². The number of nitrogens with two attached hydrogens (primary N) is 2. The molecule has 1 saturated heterocycles. The van der Waals surface area contributed by atoms with Gasteiger partial charge in [-0.05, 0) is 31.1 Å². The average molecular weight is 486 g/mol. The Bertz CT molecular complexity index is 1230. The van der Waals surface area contributed by atoms with E-state index in [-0.39, 0.29) is 28.9 Å². The quantitative estimate of drug-likeness (QED) is 0.564. The number of nitrogens with zero attached hydrogens (tertiary/aromatic N) is 7. The lowest BCUT2D eigenvalue weighted by molar-refractivity contribution is 0.0977. The van der Waals surface area contributed by atoms with Gasteiger partial charge in [0, 0.05) is 37.1 Å². The standard InChI is InChI=1S/C21H24ClN9OS/c22-20-28-15-12(33-20)10-21(17(15)23)3-8-29(9-4-21)13-11-25-16(18(24)27-13)19(32)30-6-1-7-31-14(30)2-5-26-31/h2,5,11,17H,1,3-4,6-10,23H2,(H2,24,27). The number of aromatic nitrogens is 5. The maximum Gasteiger partial charge on any atom is 0.281 e. The maximum absolute atomic E-state index is 13.1. The lowest BCUT2D eigenvalue weighted by Crippen LogP contribution is -2.45. The van der Waals surface area contributed by atoms with Crippen molar-refractivity contribution < 1.29 is 4.79 Å². The van der Waals surface area contributed by atoms with Gasteiger partial charge in [0.2, 0.25) is 0 Å². The summed E-state index contributed by atoms with van der Waals surface area (Å²) < 4.78 is 2.39. The topological polar surface area (TPSA) is 132 Å². The van der Waals surface area contributed by atoms with Crippen molar-refractivity contribution in [1.82, 2.24) is 24.7 Å². The van der Waals surface area contributed by atoms with Crippen LogP contribution in [0.2, 0.25) is 4.47 Å². The van der Waals surface area contributed by atoms with Crippen molar-refractivity contribution in [2.75, 3.05) is 35.2 Å². The van der Waals surface area contributed by atoms with E-state index >= 15 is 0 Å². The number of aryl methyl sites for hydroxylation is 1. The van der Waals surface area contributed by atoms with Gasteiger partial charge in [-0.2, -0.15) is 5.10 Å². The van der Waals surface area contributed by atoms with Crippen LogP contribution in [0.15, 0.2) is 18.5 Å². The van der Waals surface area contributed by atoms with Crippen LogP contribution in [-0.4, -0.2) is 50.3 Å². The molecule has 172 valence electrons. The molecule has 0 bridgehead atoms. The minimum atomic E-state index is -0.250. The van der Waals surface area contributed by atoms with Gasteiger partial charge in [-0.25, -0.2) is 19.6 Å². The number of anilines is 3. The fraction of sp³-hybridized carbons (Fsp3) is 0.476. The van der Waals surface area contributed by atoms with Gasteiger partial charge in [0.25, 0.3) is 5.91 Å². The Morgan fingerprint density at radius 3 is 2.79 bits per heavy atom. The fourth-order valence-electron chi connectivity index (χ4n) is 5.36. The maximum atomic E-state index is 13.1. The van der Waals surface area contributed by atoms with Gasteiger partial charge in [0.15, 0.2) is 16.0 Å². The highest BCUT2D eigenvalue weighted by Gasteiger charge is 2.48. The molecule has 2 aliphatic heterocycles. The molecule has 1 atom stereocenters. The summed E-state index contributed by atoms with van der Waals surface area (Å²) >= 11 is 7.62. The smallest absolute Gasteiger partial charge is 0.281 e. The Kier molecular flexibility index (Phi) is 4.82. The number of hydrogen-bond donors (Lipinski definition) is 2. The Morgan fingerprint density at radius 1 is 1.21 bits per heavy atom. The Hall–Kier alpha value is -2.76. The summed E-state index contributed by atoms with van der Waals surface area (Å²) in [6.07, 6.45) is 6.95. The molecule has 5 heterocycles. The van der Waals surface area contributed by atoms with E-state index in [1.165, 1.54) is 4.88 Å². The molecule has 1 unspecified atom stereocenters. The van der Waals surface area contributed by atoms with Crippen molar-refractivity contribution in [3.8, 4) is 0 Å². The summed E-state index contributed by atoms with van der Waals surface area (Å²) in [6, 6.07) is 1.74. The minimum Gasteiger partial charge on any atom is -0.382 e. The van der Waals surface area contributed by atoms with E-state index in [1.807, 2.05) is 10.7 Å². The van der Waals surface area contributed by atoms with Crippen LogP contribution in [0.1, 0.15) is 46.4 Å². The largest absolute Gasteiger partial charge is 0.382 e. The molecule has 0 saturated carbocycles. The summed E-state index contributed by atoms with van der Waals surface area (Å²) in [6.45, 7) is 2.99. The second-order valence-corrected chi connectivity index (χ2v) is 10.6. The molecule has 0 aromatic carbocycles. The van der Waals surface area contributed by atoms with E-state index in [4.69, 9.17) is 23.1 Å². The summed E-state index contributed by atoms with van der Waals surface area (Å²) in [7, 11) is 0. The highest BCUT2D eigenvalue weighted by atomic mass is 35.5. The Balaban J connectivity index is 1.17. The van der Waals surface area contributed by atoms with Gasteiger partial charge in [-0.1, -0.05) is 11.6 Å². The zero-order valence-corrected chi connectivity index (χ0v) is 19.5. The van der Waals surface area contributed by atoms with Crippen LogP contribution in [0.25, 0.3) is 0 Å². The normalized spacial score (nSPS) is 21.3. The molecule has 0 radical (unpaired) electrons. The molecule has 3 aliphatic rings. The number of fused-ring (bicyclic) bond motifs is 2. The van der Waals surface area contributed by atoms with Crippen molar-refractivity contribution in [3.63, 3.8) is 0 Å². The number of piperidine rings is 1. The van der Waals surface area contributed by atoms with Gasteiger partial charge in [0.05, 0.1) is 24.1 Å². The van der Waals surface area contributed by atoms with Gasteiger partial charge >= 0.3 is 0 Å². The number of thiazole rings is 1. The molecule has 1 spiro atoms. The monoisotopic (exact) mass is 485 g/mol. The summed E-state index contributed by atoms with van der Waals surface area (Å²) in [4.78, 5) is 31.6. The van der Waals surface area contributed by atoms with Crippen molar-refractivity contribution in [2.24, 2.45) is 11.1 Å².